The SMILES string of the molecule is O=C(Nc1nnc(-c2ccccc2)s1)c1ccc(CN2CCCCC2)cc1. The first-order valence-corrected chi connectivity index (χ1v) is 10.1. The summed E-state index contributed by atoms with van der Waals surface area (Å²) in [6.45, 7) is 3.30. The largest absolute Gasteiger partial charge is 0.299 e. The number of rotatable bonds is 5. The lowest BCUT2D eigenvalue weighted by Gasteiger charge is -2.26. The van der Waals surface area contributed by atoms with Gasteiger partial charge in [-0.05, 0) is 43.6 Å². The summed E-state index contributed by atoms with van der Waals surface area (Å²) in [7, 11) is 0. The molecule has 1 saturated heterocycles. The molecule has 0 atom stereocenters. The smallest absolute Gasteiger partial charge is 0.257 e. The minimum atomic E-state index is -0.157. The normalized spacial score (nSPS) is 14.8. The van der Waals surface area contributed by atoms with Crippen LogP contribution in [-0.2, 0) is 6.54 Å². The molecule has 5 nitrogen and oxygen atoms in total. The third-order valence-electron chi connectivity index (χ3n) is 4.74. The Kier molecular flexibility index (Phi) is 5.55. The van der Waals surface area contributed by atoms with Gasteiger partial charge < -0.3 is 0 Å². The average Bonchev–Trinajstić information content (AvgIpc) is 3.18. The molecule has 6 heteroatoms. The summed E-state index contributed by atoms with van der Waals surface area (Å²) in [6, 6.07) is 17.7. The fraction of sp³-hybridized carbons (Fsp3) is 0.286. The number of hydrogen-bond acceptors (Lipinski definition) is 5. The van der Waals surface area contributed by atoms with E-state index >= 15 is 0 Å². The van der Waals surface area contributed by atoms with Crippen molar-refractivity contribution in [1.82, 2.24) is 15.1 Å². The number of amides is 1. The fourth-order valence-electron chi connectivity index (χ4n) is 3.28. The van der Waals surface area contributed by atoms with Crippen LogP contribution < -0.4 is 5.32 Å². The van der Waals surface area contributed by atoms with Gasteiger partial charge in [-0.15, -0.1) is 10.2 Å². The van der Waals surface area contributed by atoms with Crippen molar-refractivity contribution in [3.63, 3.8) is 0 Å². The molecule has 0 unspecified atom stereocenters. The summed E-state index contributed by atoms with van der Waals surface area (Å²) in [5, 5.41) is 12.4. The van der Waals surface area contributed by atoms with Crippen LogP contribution >= 0.6 is 11.3 Å². The Labute approximate surface area is 163 Å². The van der Waals surface area contributed by atoms with Gasteiger partial charge in [-0.25, -0.2) is 0 Å². The van der Waals surface area contributed by atoms with Gasteiger partial charge in [0.25, 0.3) is 5.91 Å². The van der Waals surface area contributed by atoms with E-state index < -0.39 is 0 Å². The van der Waals surface area contributed by atoms with Gasteiger partial charge in [0.05, 0.1) is 0 Å². The van der Waals surface area contributed by atoms with E-state index in [1.807, 2.05) is 54.6 Å². The number of hydrogen-bond donors (Lipinski definition) is 1. The quantitative estimate of drug-likeness (QED) is 0.713. The van der Waals surface area contributed by atoms with E-state index in [0.29, 0.717) is 10.7 Å². The van der Waals surface area contributed by atoms with Crippen molar-refractivity contribution in [3.8, 4) is 10.6 Å². The fourth-order valence-corrected chi connectivity index (χ4v) is 4.02. The summed E-state index contributed by atoms with van der Waals surface area (Å²) in [6.07, 6.45) is 3.91. The highest BCUT2D eigenvalue weighted by Gasteiger charge is 2.13. The second kappa shape index (κ2) is 8.41. The molecule has 0 aliphatic carbocycles. The number of nitrogens with zero attached hydrogens (tertiary/aromatic N) is 3. The summed E-state index contributed by atoms with van der Waals surface area (Å²) in [5.41, 5.74) is 2.88. The van der Waals surface area contributed by atoms with Gasteiger partial charge >= 0.3 is 0 Å². The number of aromatic nitrogens is 2. The molecule has 2 heterocycles. The van der Waals surface area contributed by atoms with Crippen LogP contribution in [0.15, 0.2) is 54.6 Å². The Bertz CT molecular complexity index is 886. The maximum Gasteiger partial charge on any atom is 0.257 e. The highest BCUT2D eigenvalue weighted by atomic mass is 32.1. The topological polar surface area (TPSA) is 58.1 Å². The number of nitrogens with one attached hydrogen (secondary N) is 1. The zero-order valence-electron chi connectivity index (χ0n) is 15.1. The Morgan fingerprint density at radius 2 is 1.70 bits per heavy atom. The van der Waals surface area contributed by atoms with Gasteiger partial charge in [0.2, 0.25) is 5.13 Å². The van der Waals surface area contributed by atoms with Crippen molar-refractivity contribution in [2.45, 2.75) is 25.8 Å². The van der Waals surface area contributed by atoms with E-state index in [-0.39, 0.29) is 5.91 Å². The van der Waals surface area contributed by atoms with E-state index in [4.69, 9.17) is 0 Å². The molecule has 0 spiro atoms. The molecule has 27 heavy (non-hydrogen) atoms. The Morgan fingerprint density at radius 1 is 0.963 bits per heavy atom. The van der Waals surface area contributed by atoms with E-state index in [1.54, 1.807) is 0 Å². The maximum atomic E-state index is 12.5. The molecule has 1 aliphatic heterocycles. The van der Waals surface area contributed by atoms with Crippen molar-refractivity contribution in [2.24, 2.45) is 0 Å². The monoisotopic (exact) mass is 378 g/mol. The van der Waals surface area contributed by atoms with Gasteiger partial charge in [0.1, 0.15) is 5.01 Å². The summed E-state index contributed by atoms with van der Waals surface area (Å²) < 4.78 is 0. The van der Waals surface area contributed by atoms with Gasteiger partial charge in [-0.3, -0.25) is 15.0 Å². The standard InChI is InChI=1S/C21H22N4OS/c26-19(22-21-24-23-20(27-21)18-7-3-1-4-8-18)17-11-9-16(10-12-17)15-25-13-5-2-6-14-25/h1,3-4,7-12H,2,5-6,13-15H2,(H,22,24,26). The van der Waals surface area contributed by atoms with Gasteiger partial charge in [-0.2, -0.15) is 0 Å². The molecular weight excluding hydrogens is 356 g/mol. The number of anilines is 1. The minimum Gasteiger partial charge on any atom is -0.299 e. The first-order chi connectivity index (χ1) is 13.3. The second-order valence-corrected chi connectivity index (χ2v) is 7.74. The Hall–Kier alpha value is -2.57. The molecule has 1 amide bonds. The van der Waals surface area contributed by atoms with Crippen LogP contribution in [0.5, 0.6) is 0 Å². The van der Waals surface area contributed by atoms with Gasteiger partial charge in [-0.1, -0.05) is 60.2 Å². The molecule has 0 bridgehead atoms. The molecular formula is C21H22N4OS. The zero-order chi connectivity index (χ0) is 18.5. The van der Waals surface area contributed by atoms with E-state index in [1.165, 1.54) is 49.3 Å². The molecule has 3 aromatic rings. The van der Waals surface area contributed by atoms with Crippen LogP contribution in [0.2, 0.25) is 0 Å². The van der Waals surface area contributed by atoms with Crippen LogP contribution in [0.4, 0.5) is 5.13 Å². The molecule has 2 aromatic carbocycles. The third-order valence-corrected chi connectivity index (χ3v) is 5.62. The van der Waals surface area contributed by atoms with Crippen molar-refractivity contribution >= 4 is 22.4 Å². The highest BCUT2D eigenvalue weighted by Crippen LogP contribution is 2.26. The Morgan fingerprint density at radius 3 is 2.44 bits per heavy atom. The van der Waals surface area contributed by atoms with Crippen molar-refractivity contribution in [2.75, 3.05) is 18.4 Å². The number of carbonyl (C=O) groups excluding carboxylic acids is 1. The molecule has 1 aromatic heterocycles. The predicted octanol–water partition coefficient (Wildman–Crippen LogP) is 4.44. The van der Waals surface area contributed by atoms with Crippen molar-refractivity contribution < 1.29 is 4.79 Å². The van der Waals surface area contributed by atoms with E-state index in [2.05, 4.69) is 20.4 Å². The summed E-state index contributed by atoms with van der Waals surface area (Å²) in [5.74, 6) is -0.157. The highest BCUT2D eigenvalue weighted by molar-refractivity contribution is 7.18. The van der Waals surface area contributed by atoms with E-state index in [9.17, 15) is 4.79 Å². The maximum absolute atomic E-state index is 12.5. The number of carbonyl (C=O) groups is 1. The van der Waals surface area contributed by atoms with Crippen LogP contribution in [0.25, 0.3) is 10.6 Å². The third kappa shape index (κ3) is 4.59. The van der Waals surface area contributed by atoms with Crippen molar-refractivity contribution in [3.05, 3.63) is 65.7 Å². The van der Waals surface area contributed by atoms with Gasteiger partial charge in [0.15, 0.2) is 0 Å². The number of likely N-dealkylation sites (tertiary alicyclic amines) is 1. The Balaban J connectivity index is 1.37. The average molecular weight is 379 g/mol. The minimum absolute atomic E-state index is 0.157. The van der Waals surface area contributed by atoms with Crippen LogP contribution in [-0.4, -0.2) is 34.1 Å². The second-order valence-electron chi connectivity index (χ2n) is 6.77. The number of piperidine rings is 1. The van der Waals surface area contributed by atoms with Crippen molar-refractivity contribution in [1.29, 1.82) is 0 Å². The molecule has 4 rings (SSSR count). The first kappa shape index (κ1) is 17.8. The zero-order valence-corrected chi connectivity index (χ0v) is 15.9. The predicted molar refractivity (Wildman–Crippen MR) is 109 cm³/mol. The number of benzene rings is 2. The molecule has 138 valence electrons. The molecule has 1 N–H and O–H groups in total. The lowest BCUT2D eigenvalue weighted by atomic mass is 10.1. The molecule has 1 aliphatic rings. The van der Waals surface area contributed by atoms with Crippen LogP contribution in [0.1, 0.15) is 35.2 Å². The lowest BCUT2D eigenvalue weighted by molar-refractivity contribution is 0.102. The summed E-state index contributed by atoms with van der Waals surface area (Å²) in [4.78, 5) is 15.0. The molecule has 1 fully saturated rings. The molecule has 0 saturated carbocycles. The van der Waals surface area contributed by atoms with E-state index in [0.717, 1.165) is 17.1 Å². The van der Waals surface area contributed by atoms with Gasteiger partial charge in [0, 0.05) is 17.7 Å². The van der Waals surface area contributed by atoms with Crippen LogP contribution in [0, 0.1) is 0 Å². The summed E-state index contributed by atoms with van der Waals surface area (Å²) >= 11 is 1.37. The lowest BCUT2D eigenvalue weighted by Crippen LogP contribution is -2.29. The first-order valence-electron chi connectivity index (χ1n) is 9.29. The van der Waals surface area contributed by atoms with Crippen LogP contribution in [0.3, 0.4) is 0 Å². The molecule has 0 radical (unpaired) electrons.